The lowest BCUT2D eigenvalue weighted by atomic mass is 9.86. The quantitative estimate of drug-likeness (QED) is 0.171. The molecule has 3 N–H and O–H groups in total. The number of benzene rings is 2. The monoisotopic (exact) mass is 748 g/mol. The Kier molecular flexibility index (Phi) is 12.0. The molecule has 16 heteroatoms. The predicted molar refractivity (Wildman–Crippen MR) is 172 cm³/mol. The van der Waals surface area contributed by atoms with Gasteiger partial charge in [0.05, 0.1) is 19.2 Å². The number of ether oxygens (including phenoxy) is 6. The molecule has 1 fully saturated rings. The highest BCUT2D eigenvalue weighted by Crippen LogP contribution is 2.44. The summed E-state index contributed by atoms with van der Waals surface area (Å²) in [5.74, 6) is -7.77. The van der Waals surface area contributed by atoms with Crippen molar-refractivity contribution in [2.45, 2.75) is 74.6 Å². The number of esters is 4. The van der Waals surface area contributed by atoms with E-state index in [1.807, 2.05) is 48.5 Å². The lowest BCUT2D eigenvalue weighted by molar-refractivity contribution is -0.283. The molecule has 1 heterocycles. The zero-order valence-electron chi connectivity index (χ0n) is 27.3. The van der Waals surface area contributed by atoms with Gasteiger partial charge in [0.25, 0.3) is 5.79 Å². The van der Waals surface area contributed by atoms with E-state index in [0.717, 1.165) is 57.1 Å². The third-order valence-electron chi connectivity index (χ3n) is 7.98. The van der Waals surface area contributed by atoms with Gasteiger partial charge in [-0.05, 0) is 22.3 Å². The van der Waals surface area contributed by atoms with Crippen molar-refractivity contribution in [1.82, 2.24) is 10.6 Å². The van der Waals surface area contributed by atoms with E-state index < -0.39 is 83.5 Å². The SMILES string of the molecule is COC(=O)[C@@]1(O)O[C@@H]([C@@H](OC(C)=O)[C@@H](COC(C)=O)OC(C)=O)[C@H](NC(C)=O)[C@H](NC(=O)OCC2c3ccccc3-c3ccccc32)[C@H]1Br. The second-order valence-electron chi connectivity index (χ2n) is 11.4. The maximum Gasteiger partial charge on any atom is 0.407 e. The fourth-order valence-corrected chi connectivity index (χ4v) is 6.81. The molecule has 4 rings (SSSR count). The molecule has 2 aromatic rings. The molecule has 0 radical (unpaired) electrons. The number of amides is 2. The number of alkyl halides is 1. The molecule has 0 saturated carbocycles. The minimum absolute atomic E-state index is 0.0987. The van der Waals surface area contributed by atoms with Crippen molar-refractivity contribution >= 4 is 51.8 Å². The van der Waals surface area contributed by atoms with Crippen molar-refractivity contribution in [2.24, 2.45) is 0 Å². The molecular formula is C33H37BrN2O13. The van der Waals surface area contributed by atoms with Crippen LogP contribution in [0.2, 0.25) is 0 Å². The first kappa shape index (κ1) is 37.3. The van der Waals surface area contributed by atoms with Crippen LogP contribution in [-0.2, 0) is 52.4 Å². The van der Waals surface area contributed by atoms with Crippen molar-refractivity contribution in [2.75, 3.05) is 20.3 Å². The molecule has 49 heavy (non-hydrogen) atoms. The summed E-state index contributed by atoms with van der Waals surface area (Å²) in [6.45, 7) is 3.54. The fourth-order valence-electron chi connectivity index (χ4n) is 6.05. The minimum atomic E-state index is -2.89. The number of rotatable bonds is 11. The number of carbonyl (C=O) groups is 6. The van der Waals surface area contributed by atoms with Crippen molar-refractivity contribution in [3.8, 4) is 11.1 Å². The number of aliphatic hydroxyl groups is 1. The molecule has 264 valence electrons. The van der Waals surface area contributed by atoms with Crippen LogP contribution < -0.4 is 10.6 Å². The number of carbonyl (C=O) groups excluding carboxylic acids is 6. The van der Waals surface area contributed by atoms with Crippen LogP contribution in [0, 0.1) is 0 Å². The molecule has 1 aliphatic carbocycles. The van der Waals surface area contributed by atoms with Gasteiger partial charge in [-0.1, -0.05) is 64.5 Å². The van der Waals surface area contributed by atoms with E-state index in [9.17, 15) is 33.9 Å². The average molecular weight is 750 g/mol. The molecule has 15 nitrogen and oxygen atoms in total. The average Bonchev–Trinajstić information content (AvgIpc) is 3.37. The molecule has 1 aliphatic heterocycles. The second-order valence-corrected chi connectivity index (χ2v) is 12.4. The Labute approximate surface area is 290 Å². The summed E-state index contributed by atoms with van der Waals surface area (Å²) in [5.41, 5.74) is 3.90. The topological polar surface area (TPSA) is 202 Å². The molecule has 0 aromatic heterocycles. The molecule has 2 aromatic carbocycles. The van der Waals surface area contributed by atoms with Crippen molar-refractivity contribution in [3.05, 3.63) is 59.7 Å². The van der Waals surface area contributed by atoms with E-state index in [1.54, 1.807) is 0 Å². The summed E-state index contributed by atoms with van der Waals surface area (Å²) in [6.07, 6.45) is -6.06. The van der Waals surface area contributed by atoms with Crippen LogP contribution in [0.3, 0.4) is 0 Å². The smallest absolute Gasteiger partial charge is 0.407 e. The number of fused-ring (bicyclic) bond motifs is 3. The van der Waals surface area contributed by atoms with Crippen molar-refractivity contribution in [1.29, 1.82) is 0 Å². The van der Waals surface area contributed by atoms with E-state index in [0.29, 0.717) is 0 Å². The second kappa shape index (κ2) is 15.8. The van der Waals surface area contributed by atoms with Gasteiger partial charge in [-0.2, -0.15) is 0 Å². The Bertz CT molecular complexity index is 1560. The highest BCUT2D eigenvalue weighted by molar-refractivity contribution is 9.09. The summed E-state index contributed by atoms with van der Waals surface area (Å²) in [6, 6.07) is 12.6. The molecule has 1 saturated heterocycles. The molecule has 7 atom stereocenters. The van der Waals surface area contributed by atoms with Crippen LogP contribution in [-0.4, -0.2) is 102 Å². The van der Waals surface area contributed by atoms with Crippen molar-refractivity contribution < 1.29 is 62.3 Å². The first-order chi connectivity index (χ1) is 23.2. The zero-order valence-corrected chi connectivity index (χ0v) is 28.9. The Morgan fingerprint density at radius 1 is 0.837 bits per heavy atom. The third-order valence-corrected chi connectivity index (χ3v) is 9.17. The van der Waals surface area contributed by atoms with Crippen LogP contribution in [0.4, 0.5) is 4.79 Å². The van der Waals surface area contributed by atoms with Gasteiger partial charge < -0.3 is 44.2 Å². The van der Waals surface area contributed by atoms with Crippen LogP contribution in [0.1, 0.15) is 44.7 Å². The Morgan fingerprint density at radius 2 is 1.41 bits per heavy atom. The molecule has 2 aliphatic rings. The van der Waals surface area contributed by atoms with Crippen LogP contribution in [0.25, 0.3) is 11.1 Å². The normalized spacial score (nSPS) is 23.8. The molecule has 0 spiro atoms. The highest BCUT2D eigenvalue weighted by atomic mass is 79.9. The first-order valence-electron chi connectivity index (χ1n) is 15.2. The number of nitrogens with one attached hydrogen (secondary N) is 2. The molecule has 0 unspecified atom stereocenters. The van der Waals surface area contributed by atoms with Gasteiger partial charge in [-0.25, -0.2) is 9.59 Å². The molecule has 0 bridgehead atoms. The van der Waals surface area contributed by atoms with Gasteiger partial charge in [0.2, 0.25) is 5.91 Å². The zero-order chi connectivity index (χ0) is 36.0. The minimum Gasteiger partial charge on any atom is -0.465 e. The van der Waals surface area contributed by atoms with Crippen LogP contribution >= 0.6 is 15.9 Å². The highest BCUT2D eigenvalue weighted by Gasteiger charge is 2.62. The lowest BCUT2D eigenvalue weighted by Crippen LogP contribution is -2.75. The summed E-state index contributed by atoms with van der Waals surface area (Å²) in [5, 5.41) is 16.8. The lowest BCUT2D eigenvalue weighted by Gasteiger charge is -2.50. The van der Waals surface area contributed by atoms with Gasteiger partial charge in [0.15, 0.2) is 12.2 Å². The van der Waals surface area contributed by atoms with Crippen LogP contribution in [0.15, 0.2) is 48.5 Å². The standard InChI is InChI=1S/C33H37BrN2O13/c1-16(37)35-26-27(36-32(42)46-14-24-22-12-8-6-10-20(22)21-11-7-9-13-23(21)24)30(34)33(43,31(41)44-5)49-29(26)28(48-19(4)40)25(47-18(3)39)15-45-17(2)38/h6-13,24-30,43H,14-15H2,1-5H3,(H,35,37)(H,36,42)/t25-,26-,27+,28+,29-,30-,33+/m1/s1. The van der Waals surface area contributed by atoms with Gasteiger partial charge >= 0.3 is 30.0 Å². The van der Waals surface area contributed by atoms with Gasteiger partial charge in [0, 0.05) is 33.6 Å². The van der Waals surface area contributed by atoms with E-state index in [4.69, 9.17) is 28.4 Å². The fraction of sp³-hybridized carbons (Fsp3) is 0.455. The largest absolute Gasteiger partial charge is 0.465 e. The molecule has 2 amide bonds. The van der Waals surface area contributed by atoms with Crippen LogP contribution in [0.5, 0.6) is 0 Å². The third kappa shape index (κ3) is 8.37. The summed E-state index contributed by atoms with van der Waals surface area (Å²) < 4.78 is 32.1. The molecular weight excluding hydrogens is 712 g/mol. The maximum absolute atomic E-state index is 13.5. The number of methoxy groups -OCH3 is 1. The van der Waals surface area contributed by atoms with E-state index in [1.165, 1.54) is 0 Å². The summed E-state index contributed by atoms with van der Waals surface area (Å²) in [4.78, 5) is 73.7. The Hall–Kier alpha value is -4.54. The first-order valence-corrected chi connectivity index (χ1v) is 16.1. The Morgan fingerprint density at radius 3 is 1.92 bits per heavy atom. The number of hydrogen-bond acceptors (Lipinski definition) is 13. The Balaban J connectivity index is 1.70. The number of hydrogen-bond donors (Lipinski definition) is 3. The van der Waals surface area contributed by atoms with Gasteiger partial charge in [-0.3, -0.25) is 19.2 Å². The maximum atomic E-state index is 13.5. The number of alkyl carbamates (subject to hydrolysis) is 1. The van der Waals surface area contributed by atoms with Crippen molar-refractivity contribution in [3.63, 3.8) is 0 Å². The van der Waals surface area contributed by atoms with Gasteiger partial charge in [-0.15, -0.1) is 0 Å². The van der Waals surface area contributed by atoms with Gasteiger partial charge in [0.1, 0.15) is 24.1 Å². The predicted octanol–water partition coefficient (Wildman–Crippen LogP) is 1.85. The summed E-state index contributed by atoms with van der Waals surface area (Å²) >= 11 is 3.23. The van der Waals surface area contributed by atoms with E-state index in [2.05, 4.69) is 26.6 Å². The van der Waals surface area contributed by atoms with E-state index in [-0.39, 0.29) is 12.5 Å². The summed E-state index contributed by atoms with van der Waals surface area (Å²) in [7, 11) is 0.970. The van der Waals surface area contributed by atoms with E-state index >= 15 is 0 Å². The number of halogens is 1.